The van der Waals surface area contributed by atoms with E-state index < -0.39 is 0 Å². The number of imidazole rings is 1. The van der Waals surface area contributed by atoms with Gasteiger partial charge in [-0.05, 0) is 25.1 Å². The third kappa shape index (κ3) is 2.59. The van der Waals surface area contributed by atoms with Crippen LogP contribution in [0.1, 0.15) is 5.82 Å². The molecule has 2 aromatic heterocycles. The molecule has 3 rings (SSSR count). The third-order valence-corrected chi connectivity index (χ3v) is 4.49. The highest BCUT2D eigenvalue weighted by molar-refractivity contribution is 7.98. The number of hydrogen-bond donors (Lipinski definition) is 0. The zero-order chi connectivity index (χ0) is 15.7. The van der Waals surface area contributed by atoms with Gasteiger partial charge in [0.15, 0.2) is 5.16 Å². The first kappa shape index (κ1) is 14.6. The number of fused-ring (bicyclic) bond motifs is 1. The van der Waals surface area contributed by atoms with Crippen LogP contribution in [-0.2, 0) is 12.9 Å². The van der Waals surface area contributed by atoms with Gasteiger partial charge in [0.2, 0.25) is 0 Å². The smallest absolute Gasteiger partial charge is 0.262 e. The Bertz CT molecular complexity index is 885. The van der Waals surface area contributed by atoms with E-state index >= 15 is 0 Å². The van der Waals surface area contributed by atoms with Crippen LogP contribution in [0.5, 0.6) is 5.75 Å². The van der Waals surface area contributed by atoms with Crippen molar-refractivity contribution in [2.24, 2.45) is 7.05 Å². The quantitative estimate of drug-likeness (QED) is 0.691. The Balaban J connectivity index is 2.01. The summed E-state index contributed by atoms with van der Waals surface area (Å²) in [5.41, 5.74) is 0.615. The fraction of sp³-hybridized carbons (Fsp3) is 0.267. The van der Waals surface area contributed by atoms with E-state index in [1.807, 2.05) is 24.7 Å². The second kappa shape index (κ2) is 5.84. The second-order valence-electron chi connectivity index (χ2n) is 4.87. The van der Waals surface area contributed by atoms with Gasteiger partial charge in [0.25, 0.3) is 5.56 Å². The van der Waals surface area contributed by atoms with Crippen molar-refractivity contribution in [2.75, 3.05) is 7.11 Å². The molecule has 0 fully saturated rings. The van der Waals surface area contributed by atoms with Gasteiger partial charge in [-0.2, -0.15) is 0 Å². The normalized spacial score (nSPS) is 11.0. The number of rotatable bonds is 4. The second-order valence-corrected chi connectivity index (χ2v) is 5.78. The number of aryl methyl sites for hydroxylation is 2. The van der Waals surface area contributed by atoms with Crippen LogP contribution in [-0.4, -0.2) is 26.2 Å². The predicted octanol–water partition coefficient (Wildman–Crippen LogP) is 2.20. The minimum atomic E-state index is -0.0666. The lowest BCUT2D eigenvalue weighted by Crippen LogP contribution is -2.23. The molecule has 0 saturated heterocycles. The van der Waals surface area contributed by atoms with Crippen molar-refractivity contribution in [2.45, 2.75) is 18.0 Å². The highest BCUT2D eigenvalue weighted by atomic mass is 32.2. The first-order chi connectivity index (χ1) is 10.6. The van der Waals surface area contributed by atoms with Crippen molar-refractivity contribution in [3.8, 4) is 5.75 Å². The molecular weight excluding hydrogens is 300 g/mol. The zero-order valence-corrected chi connectivity index (χ0v) is 13.4. The van der Waals surface area contributed by atoms with E-state index in [-0.39, 0.29) is 5.56 Å². The van der Waals surface area contributed by atoms with Crippen molar-refractivity contribution in [1.29, 1.82) is 0 Å². The molecule has 0 aliphatic rings. The number of aromatic nitrogens is 4. The van der Waals surface area contributed by atoms with Crippen LogP contribution in [0.2, 0.25) is 0 Å². The van der Waals surface area contributed by atoms with E-state index in [0.717, 1.165) is 5.16 Å². The molecule has 7 heteroatoms. The molecule has 0 spiro atoms. The average Bonchev–Trinajstić information content (AvgIpc) is 2.92. The van der Waals surface area contributed by atoms with Crippen LogP contribution < -0.4 is 10.3 Å². The lowest BCUT2D eigenvalue weighted by atomic mass is 10.2. The molecule has 0 saturated carbocycles. The molecule has 0 radical (unpaired) electrons. The van der Waals surface area contributed by atoms with Gasteiger partial charge in [0, 0.05) is 19.4 Å². The van der Waals surface area contributed by atoms with Gasteiger partial charge in [0.1, 0.15) is 11.6 Å². The largest absolute Gasteiger partial charge is 0.497 e. The summed E-state index contributed by atoms with van der Waals surface area (Å²) in [5, 5.41) is 1.42. The van der Waals surface area contributed by atoms with Gasteiger partial charge in [0.05, 0.1) is 23.9 Å². The molecule has 0 bridgehead atoms. The van der Waals surface area contributed by atoms with Gasteiger partial charge >= 0.3 is 0 Å². The molecule has 0 atom stereocenters. The SMILES string of the molecule is COc1ccc2nc(C)n(CSc3nccn3C)c(=O)c2c1. The lowest BCUT2D eigenvalue weighted by Gasteiger charge is -2.11. The number of hydrogen-bond acceptors (Lipinski definition) is 5. The summed E-state index contributed by atoms with van der Waals surface area (Å²) in [7, 11) is 3.51. The summed E-state index contributed by atoms with van der Waals surface area (Å²) in [4.78, 5) is 21.4. The molecule has 6 nitrogen and oxygen atoms in total. The van der Waals surface area contributed by atoms with E-state index in [4.69, 9.17) is 4.74 Å². The van der Waals surface area contributed by atoms with Crippen LogP contribution >= 0.6 is 11.8 Å². The van der Waals surface area contributed by atoms with Gasteiger partial charge in [-0.3, -0.25) is 9.36 Å². The van der Waals surface area contributed by atoms with E-state index in [2.05, 4.69) is 9.97 Å². The van der Waals surface area contributed by atoms with Crippen molar-refractivity contribution in [1.82, 2.24) is 19.1 Å². The molecule has 2 heterocycles. The fourth-order valence-corrected chi connectivity index (χ4v) is 3.15. The number of ether oxygens (including phenoxy) is 1. The first-order valence-corrected chi connectivity index (χ1v) is 7.74. The molecular formula is C15H16N4O2S. The van der Waals surface area contributed by atoms with Gasteiger partial charge in [-0.25, -0.2) is 9.97 Å². The summed E-state index contributed by atoms with van der Waals surface area (Å²) in [5.74, 6) is 1.80. The topological polar surface area (TPSA) is 61.9 Å². The fourth-order valence-electron chi connectivity index (χ4n) is 2.20. The number of methoxy groups -OCH3 is 1. The highest BCUT2D eigenvalue weighted by Gasteiger charge is 2.10. The Morgan fingerprint density at radius 1 is 1.36 bits per heavy atom. The molecule has 0 aliphatic carbocycles. The summed E-state index contributed by atoms with van der Waals surface area (Å²) >= 11 is 1.50. The summed E-state index contributed by atoms with van der Waals surface area (Å²) in [6.07, 6.45) is 3.61. The molecule has 22 heavy (non-hydrogen) atoms. The molecule has 0 unspecified atom stereocenters. The summed E-state index contributed by atoms with van der Waals surface area (Å²) < 4.78 is 8.76. The van der Waals surface area contributed by atoms with Crippen LogP contribution in [0.3, 0.4) is 0 Å². The molecule has 114 valence electrons. The van der Waals surface area contributed by atoms with Gasteiger partial charge in [-0.15, -0.1) is 0 Å². The van der Waals surface area contributed by atoms with E-state index in [0.29, 0.717) is 28.4 Å². The Hall–Kier alpha value is -2.28. The summed E-state index contributed by atoms with van der Waals surface area (Å²) in [6, 6.07) is 5.34. The van der Waals surface area contributed by atoms with E-state index in [9.17, 15) is 4.79 Å². The predicted molar refractivity (Wildman–Crippen MR) is 86.4 cm³/mol. The molecule has 1 aromatic carbocycles. The lowest BCUT2D eigenvalue weighted by molar-refractivity contribution is 0.415. The Morgan fingerprint density at radius 2 is 2.18 bits per heavy atom. The Labute approximate surface area is 131 Å². The van der Waals surface area contributed by atoms with E-state index in [1.165, 1.54) is 11.8 Å². The monoisotopic (exact) mass is 316 g/mol. The Morgan fingerprint density at radius 3 is 2.86 bits per heavy atom. The first-order valence-electron chi connectivity index (χ1n) is 6.75. The van der Waals surface area contributed by atoms with Crippen LogP contribution in [0.15, 0.2) is 40.5 Å². The molecule has 0 N–H and O–H groups in total. The van der Waals surface area contributed by atoms with Gasteiger partial charge in [-0.1, -0.05) is 11.8 Å². The maximum Gasteiger partial charge on any atom is 0.262 e. The average molecular weight is 316 g/mol. The zero-order valence-electron chi connectivity index (χ0n) is 12.6. The van der Waals surface area contributed by atoms with Crippen LogP contribution in [0.25, 0.3) is 10.9 Å². The van der Waals surface area contributed by atoms with Crippen LogP contribution in [0.4, 0.5) is 0 Å². The summed E-state index contributed by atoms with van der Waals surface area (Å²) in [6.45, 7) is 1.84. The minimum absolute atomic E-state index is 0.0666. The number of thioether (sulfide) groups is 1. The van der Waals surface area contributed by atoms with Gasteiger partial charge < -0.3 is 9.30 Å². The number of nitrogens with zero attached hydrogens (tertiary/aromatic N) is 4. The molecule has 3 aromatic rings. The van der Waals surface area contributed by atoms with Crippen molar-refractivity contribution in [3.63, 3.8) is 0 Å². The van der Waals surface area contributed by atoms with E-state index in [1.54, 1.807) is 36.1 Å². The standard InChI is InChI=1S/C15H16N4O2S/c1-10-17-13-5-4-11(21-3)8-12(13)14(20)19(10)9-22-15-16-6-7-18(15)2/h4-8H,9H2,1-3H3. The molecule has 0 amide bonds. The van der Waals surface area contributed by atoms with Crippen molar-refractivity contribution in [3.05, 3.63) is 46.8 Å². The minimum Gasteiger partial charge on any atom is -0.497 e. The maximum absolute atomic E-state index is 12.7. The maximum atomic E-state index is 12.7. The van der Waals surface area contributed by atoms with Crippen molar-refractivity contribution >= 4 is 22.7 Å². The molecule has 0 aliphatic heterocycles. The Kier molecular flexibility index (Phi) is 3.89. The van der Waals surface area contributed by atoms with Crippen molar-refractivity contribution < 1.29 is 4.74 Å². The third-order valence-electron chi connectivity index (χ3n) is 3.45. The highest BCUT2D eigenvalue weighted by Crippen LogP contribution is 2.19. The van der Waals surface area contributed by atoms with Crippen LogP contribution in [0, 0.1) is 6.92 Å². The number of benzene rings is 1.